The summed E-state index contributed by atoms with van der Waals surface area (Å²) < 4.78 is 35.4. The van der Waals surface area contributed by atoms with Gasteiger partial charge in [-0.25, -0.2) is 4.79 Å². The van der Waals surface area contributed by atoms with Crippen molar-refractivity contribution in [2.45, 2.75) is 39.4 Å². The Morgan fingerprint density at radius 3 is 2.35 bits per heavy atom. The Morgan fingerprint density at radius 2 is 1.85 bits per heavy atom. The molecule has 26 heavy (non-hydrogen) atoms. The number of rotatable bonds is 5. The highest BCUT2D eigenvalue weighted by Gasteiger charge is 2.33. The third kappa shape index (κ3) is 4.75. The van der Waals surface area contributed by atoms with Gasteiger partial charge in [0, 0.05) is 15.4 Å². The first-order chi connectivity index (χ1) is 11.8. The lowest BCUT2D eigenvalue weighted by Crippen LogP contribution is -2.28. The molecule has 0 spiro atoms. The third-order valence-electron chi connectivity index (χ3n) is 3.52. The van der Waals surface area contributed by atoms with E-state index in [-0.39, 0.29) is 11.3 Å². The van der Waals surface area contributed by atoms with Crippen molar-refractivity contribution < 1.29 is 27.2 Å². The minimum absolute atomic E-state index is 0.0274. The van der Waals surface area contributed by atoms with Crippen molar-refractivity contribution in [2.24, 2.45) is 0 Å². The monoisotopic (exact) mass is 444 g/mol. The van der Waals surface area contributed by atoms with Gasteiger partial charge >= 0.3 is 16.1 Å². The van der Waals surface area contributed by atoms with E-state index < -0.39 is 27.8 Å². The second-order valence-electron chi connectivity index (χ2n) is 7.01. The standard InChI is InChI=1S/C18H21BrO6S/c1-10-9-12-11(7-6-8-13(12)19)15(25-26(5,22)23)14(10)16(17(20)21)24-18(2,3)4/h6-9,16H,1-5H3,(H,20,21). The fourth-order valence-corrected chi connectivity index (χ4v) is 3.62. The fourth-order valence-electron chi connectivity index (χ4n) is 2.65. The average molecular weight is 445 g/mol. The number of hydrogen-bond donors (Lipinski definition) is 1. The largest absolute Gasteiger partial charge is 0.479 e. The highest BCUT2D eigenvalue weighted by Crippen LogP contribution is 2.42. The number of aliphatic carboxylic acids is 1. The predicted molar refractivity (Wildman–Crippen MR) is 103 cm³/mol. The Morgan fingerprint density at radius 1 is 1.23 bits per heavy atom. The number of aryl methyl sites for hydroxylation is 1. The highest BCUT2D eigenvalue weighted by atomic mass is 79.9. The number of benzene rings is 2. The van der Waals surface area contributed by atoms with Crippen molar-refractivity contribution in [3.8, 4) is 5.75 Å². The van der Waals surface area contributed by atoms with Crippen molar-refractivity contribution in [2.75, 3.05) is 6.26 Å². The van der Waals surface area contributed by atoms with Crippen molar-refractivity contribution >= 4 is 42.8 Å². The summed E-state index contributed by atoms with van der Waals surface area (Å²) in [7, 11) is -3.89. The summed E-state index contributed by atoms with van der Waals surface area (Å²) >= 11 is 3.43. The molecule has 1 unspecified atom stereocenters. The molecule has 2 aromatic rings. The van der Waals surface area contributed by atoms with Gasteiger partial charge < -0.3 is 14.0 Å². The van der Waals surface area contributed by atoms with Crippen LogP contribution in [0.4, 0.5) is 0 Å². The number of carbonyl (C=O) groups is 1. The Labute approximate surface area is 161 Å². The summed E-state index contributed by atoms with van der Waals surface area (Å²) in [5.41, 5.74) is -0.0208. The van der Waals surface area contributed by atoms with Crippen LogP contribution in [0.3, 0.4) is 0 Å². The van der Waals surface area contributed by atoms with Crippen LogP contribution in [0.5, 0.6) is 5.75 Å². The Bertz CT molecular complexity index is 960. The van der Waals surface area contributed by atoms with E-state index in [1.807, 2.05) is 6.07 Å². The molecule has 0 amide bonds. The van der Waals surface area contributed by atoms with Gasteiger partial charge in [0.15, 0.2) is 11.9 Å². The number of carboxylic acid groups (broad SMARTS) is 1. The molecule has 1 atom stereocenters. The molecule has 0 aliphatic heterocycles. The zero-order valence-electron chi connectivity index (χ0n) is 15.2. The van der Waals surface area contributed by atoms with Gasteiger partial charge in [0.25, 0.3) is 0 Å². The average Bonchev–Trinajstić information content (AvgIpc) is 2.44. The summed E-state index contributed by atoms with van der Waals surface area (Å²) in [4.78, 5) is 11.9. The van der Waals surface area contributed by atoms with Crippen LogP contribution in [-0.2, 0) is 19.6 Å². The quantitative estimate of drug-likeness (QED) is 0.695. The number of halogens is 1. The molecule has 0 aliphatic rings. The van der Waals surface area contributed by atoms with E-state index in [4.69, 9.17) is 8.92 Å². The third-order valence-corrected chi connectivity index (χ3v) is 4.68. The SMILES string of the molecule is Cc1cc2c(Br)cccc2c(OS(C)(=O)=O)c1C(OC(C)(C)C)C(=O)O. The van der Waals surface area contributed by atoms with Gasteiger partial charge in [-0.15, -0.1) is 0 Å². The van der Waals surface area contributed by atoms with Crippen molar-refractivity contribution in [3.63, 3.8) is 0 Å². The summed E-state index contributed by atoms with van der Waals surface area (Å²) in [5, 5.41) is 10.9. The first-order valence-electron chi connectivity index (χ1n) is 7.82. The molecule has 142 valence electrons. The molecule has 2 aromatic carbocycles. The lowest BCUT2D eigenvalue weighted by atomic mass is 9.96. The summed E-state index contributed by atoms with van der Waals surface area (Å²) in [6.45, 7) is 6.89. The first kappa shape index (κ1) is 20.7. The van der Waals surface area contributed by atoms with Gasteiger partial charge in [-0.1, -0.05) is 28.1 Å². The van der Waals surface area contributed by atoms with E-state index in [9.17, 15) is 18.3 Å². The van der Waals surface area contributed by atoms with Crippen molar-refractivity contribution in [1.29, 1.82) is 0 Å². The van der Waals surface area contributed by atoms with E-state index in [1.54, 1.807) is 45.9 Å². The molecule has 0 bridgehead atoms. The van der Waals surface area contributed by atoms with Gasteiger partial charge in [0.1, 0.15) is 0 Å². The maximum absolute atomic E-state index is 11.9. The van der Waals surface area contributed by atoms with Crippen molar-refractivity contribution in [1.82, 2.24) is 0 Å². The summed E-state index contributed by atoms with van der Waals surface area (Å²) in [6, 6.07) is 7.00. The second-order valence-corrected chi connectivity index (χ2v) is 9.44. The molecule has 0 saturated heterocycles. The lowest BCUT2D eigenvalue weighted by Gasteiger charge is -2.28. The van der Waals surface area contributed by atoms with E-state index in [2.05, 4.69) is 15.9 Å². The Hall–Kier alpha value is -1.64. The van der Waals surface area contributed by atoms with Crippen LogP contribution < -0.4 is 4.18 Å². The predicted octanol–water partition coefficient (Wildman–Crippen LogP) is 4.19. The normalized spacial score (nSPS) is 13.6. The number of hydrogen-bond acceptors (Lipinski definition) is 5. The molecule has 0 heterocycles. The highest BCUT2D eigenvalue weighted by molar-refractivity contribution is 9.10. The maximum atomic E-state index is 11.9. The van der Waals surface area contributed by atoms with E-state index in [1.165, 1.54) is 0 Å². The molecule has 6 nitrogen and oxygen atoms in total. The maximum Gasteiger partial charge on any atom is 0.337 e. The molecule has 0 radical (unpaired) electrons. The number of ether oxygens (including phenoxy) is 1. The number of fused-ring (bicyclic) bond motifs is 1. The molecule has 1 N–H and O–H groups in total. The Balaban J connectivity index is 2.88. The molecule has 8 heteroatoms. The smallest absolute Gasteiger partial charge is 0.337 e. The first-order valence-corrected chi connectivity index (χ1v) is 10.4. The van der Waals surface area contributed by atoms with E-state index in [0.717, 1.165) is 10.7 Å². The van der Waals surface area contributed by atoms with Crippen LogP contribution in [-0.4, -0.2) is 31.4 Å². The van der Waals surface area contributed by atoms with Gasteiger partial charge in [0.05, 0.1) is 11.9 Å². The van der Waals surface area contributed by atoms with Crippen LogP contribution in [0.25, 0.3) is 10.8 Å². The van der Waals surface area contributed by atoms with Crippen LogP contribution in [0.2, 0.25) is 0 Å². The molecule has 0 aromatic heterocycles. The van der Waals surface area contributed by atoms with Crippen LogP contribution >= 0.6 is 15.9 Å². The van der Waals surface area contributed by atoms with E-state index >= 15 is 0 Å². The van der Waals surface area contributed by atoms with E-state index in [0.29, 0.717) is 16.3 Å². The zero-order chi connectivity index (χ0) is 19.9. The van der Waals surface area contributed by atoms with Gasteiger partial charge in [-0.3, -0.25) is 0 Å². The van der Waals surface area contributed by atoms with Gasteiger partial charge in [0.2, 0.25) is 0 Å². The fraction of sp³-hybridized carbons (Fsp3) is 0.389. The number of carboxylic acids is 1. The molecular formula is C18H21BrO6S. The molecule has 0 saturated carbocycles. The van der Waals surface area contributed by atoms with Crippen molar-refractivity contribution in [3.05, 3.63) is 39.9 Å². The topological polar surface area (TPSA) is 89.9 Å². The minimum Gasteiger partial charge on any atom is -0.479 e. The summed E-state index contributed by atoms with van der Waals surface area (Å²) in [6.07, 6.45) is -0.460. The second kappa shape index (κ2) is 7.17. The van der Waals surface area contributed by atoms with Gasteiger partial charge in [-0.2, -0.15) is 8.42 Å². The van der Waals surface area contributed by atoms with Crippen LogP contribution in [0.1, 0.15) is 38.0 Å². The molecule has 0 fully saturated rings. The van der Waals surface area contributed by atoms with Crippen LogP contribution in [0, 0.1) is 6.92 Å². The molecule has 0 aliphatic carbocycles. The van der Waals surface area contributed by atoms with Crippen LogP contribution in [0.15, 0.2) is 28.7 Å². The lowest BCUT2D eigenvalue weighted by molar-refractivity contribution is -0.160. The Kier molecular flexibility index (Phi) is 5.70. The zero-order valence-corrected chi connectivity index (χ0v) is 17.6. The van der Waals surface area contributed by atoms with Gasteiger partial charge in [-0.05, 0) is 50.8 Å². The minimum atomic E-state index is -3.89. The molecular weight excluding hydrogens is 424 g/mol. The summed E-state index contributed by atoms with van der Waals surface area (Å²) in [5.74, 6) is -1.25. The molecule has 2 rings (SSSR count).